The van der Waals surface area contributed by atoms with Gasteiger partial charge >= 0.3 is 0 Å². The van der Waals surface area contributed by atoms with Gasteiger partial charge in [0.05, 0.1) is 11.7 Å². The van der Waals surface area contributed by atoms with Crippen LogP contribution < -0.4 is 5.32 Å². The summed E-state index contributed by atoms with van der Waals surface area (Å²) in [4.78, 5) is 17.1. The fraction of sp³-hybridized carbons (Fsp3) is 0.389. The van der Waals surface area contributed by atoms with E-state index >= 15 is 0 Å². The number of aromatic nitrogens is 3. The molecular weight excluding hydrogens is 352 g/mol. The van der Waals surface area contributed by atoms with E-state index in [1.165, 1.54) is 5.56 Å². The Morgan fingerprint density at radius 3 is 2.72 bits per heavy atom. The quantitative estimate of drug-likeness (QED) is 0.684. The molecule has 0 aromatic carbocycles. The molecule has 0 saturated heterocycles. The molecule has 7 heteroatoms. The molecule has 0 spiro atoms. The normalized spacial score (nSPS) is 12.3. The summed E-state index contributed by atoms with van der Waals surface area (Å²) in [6.45, 7) is 6.54. The van der Waals surface area contributed by atoms with Crippen LogP contribution in [0.1, 0.15) is 40.1 Å². The Labute approximate surface area is 155 Å². The Hall–Kier alpha value is -1.99. The standard InChI is InChI=1S/C18H22N4OS2/c1-12-8-14(3)22(21-12)6-4-17(23)20-16(9-15-5-7-24-11-15)18-19-13(2)10-25-18/h5,7-8,10-11,16H,4,6,9H2,1-3H3,(H,20,23)/t16-/m1/s1. The van der Waals surface area contributed by atoms with E-state index in [1.54, 1.807) is 22.7 Å². The molecule has 1 N–H and O–H groups in total. The van der Waals surface area contributed by atoms with Crippen LogP contribution in [0.25, 0.3) is 0 Å². The van der Waals surface area contributed by atoms with E-state index < -0.39 is 0 Å². The van der Waals surface area contributed by atoms with Crippen LogP contribution in [-0.4, -0.2) is 20.7 Å². The predicted octanol–water partition coefficient (Wildman–Crippen LogP) is 3.82. The van der Waals surface area contributed by atoms with E-state index in [-0.39, 0.29) is 11.9 Å². The summed E-state index contributed by atoms with van der Waals surface area (Å²) in [5, 5.41) is 14.7. The lowest BCUT2D eigenvalue weighted by Gasteiger charge is -2.16. The zero-order chi connectivity index (χ0) is 17.8. The molecule has 3 aromatic rings. The van der Waals surface area contributed by atoms with Crippen molar-refractivity contribution in [1.82, 2.24) is 20.1 Å². The summed E-state index contributed by atoms with van der Waals surface area (Å²) >= 11 is 3.27. The van der Waals surface area contributed by atoms with E-state index in [0.29, 0.717) is 13.0 Å². The highest BCUT2D eigenvalue weighted by Crippen LogP contribution is 2.23. The van der Waals surface area contributed by atoms with E-state index in [4.69, 9.17) is 0 Å². The smallest absolute Gasteiger partial charge is 0.222 e. The van der Waals surface area contributed by atoms with Crippen LogP contribution in [0, 0.1) is 20.8 Å². The largest absolute Gasteiger partial charge is 0.346 e. The lowest BCUT2D eigenvalue weighted by molar-refractivity contribution is -0.122. The van der Waals surface area contributed by atoms with Gasteiger partial charge in [0.1, 0.15) is 5.01 Å². The number of nitrogens with one attached hydrogen (secondary N) is 1. The molecule has 1 amide bonds. The van der Waals surface area contributed by atoms with Gasteiger partial charge in [-0.3, -0.25) is 9.48 Å². The summed E-state index contributed by atoms with van der Waals surface area (Å²) in [5.74, 6) is 0.0284. The van der Waals surface area contributed by atoms with Crippen LogP contribution in [-0.2, 0) is 17.8 Å². The number of amides is 1. The fourth-order valence-electron chi connectivity index (χ4n) is 2.75. The molecule has 3 aromatic heterocycles. The van der Waals surface area contributed by atoms with Crippen LogP contribution >= 0.6 is 22.7 Å². The average molecular weight is 375 g/mol. The van der Waals surface area contributed by atoms with Gasteiger partial charge in [0.2, 0.25) is 5.91 Å². The number of hydrogen-bond donors (Lipinski definition) is 1. The minimum Gasteiger partial charge on any atom is -0.346 e. The van der Waals surface area contributed by atoms with E-state index in [9.17, 15) is 4.79 Å². The molecule has 0 aliphatic carbocycles. The van der Waals surface area contributed by atoms with Gasteiger partial charge in [-0.15, -0.1) is 11.3 Å². The van der Waals surface area contributed by atoms with Gasteiger partial charge in [-0.2, -0.15) is 16.4 Å². The lowest BCUT2D eigenvalue weighted by atomic mass is 10.1. The third-order valence-electron chi connectivity index (χ3n) is 3.94. The Morgan fingerprint density at radius 2 is 2.12 bits per heavy atom. The number of rotatable bonds is 7. The molecule has 0 unspecified atom stereocenters. The first-order valence-corrected chi connectivity index (χ1v) is 10.1. The maximum Gasteiger partial charge on any atom is 0.222 e. The van der Waals surface area contributed by atoms with Crippen molar-refractivity contribution in [2.45, 2.75) is 46.2 Å². The highest BCUT2D eigenvalue weighted by molar-refractivity contribution is 7.09. The maximum absolute atomic E-state index is 12.5. The van der Waals surface area contributed by atoms with Crippen molar-refractivity contribution in [1.29, 1.82) is 0 Å². The first-order chi connectivity index (χ1) is 12.0. The van der Waals surface area contributed by atoms with Gasteiger partial charge in [0, 0.05) is 36.2 Å². The van der Waals surface area contributed by atoms with Gasteiger partial charge in [-0.1, -0.05) is 0 Å². The third-order valence-corrected chi connectivity index (χ3v) is 5.75. The highest BCUT2D eigenvalue weighted by Gasteiger charge is 2.19. The number of thiophene rings is 1. The summed E-state index contributed by atoms with van der Waals surface area (Å²) in [6.07, 6.45) is 1.18. The molecule has 5 nitrogen and oxygen atoms in total. The Kier molecular flexibility index (Phi) is 5.65. The van der Waals surface area contributed by atoms with Crippen molar-refractivity contribution >= 4 is 28.6 Å². The number of nitrogens with zero attached hydrogens (tertiary/aromatic N) is 3. The molecule has 1 atom stereocenters. The molecule has 0 aliphatic rings. The number of carbonyl (C=O) groups is 1. The second-order valence-corrected chi connectivity index (χ2v) is 7.85. The number of carbonyl (C=O) groups excluding carboxylic acids is 1. The Bertz CT molecular complexity index is 835. The molecule has 0 saturated carbocycles. The zero-order valence-corrected chi connectivity index (χ0v) is 16.3. The number of thiazole rings is 1. The number of aryl methyl sites for hydroxylation is 4. The topological polar surface area (TPSA) is 59.8 Å². The maximum atomic E-state index is 12.5. The van der Waals surface area contributed by atoms with Crippen molar-refractivity contribution in [2.75, 3.05) is 0 Å². The summed E-state index contributed by atoms with van der Waals surface area (Å²) in [7, 11) is 0. The van der Waals surface area contributed by atoms with Crippen molar-refractivity contribution in [2.24, 2.45) is 0 Å². The SMILES string of the molecule is Cc1csc([C@@H](Cc2ccsc2)NC(=O)CCn2nc(C)cc2C)n1. The molecule has 132 valence electrons. The van der Waals surface area contributed by atoms with Crippen LogP contribution in [0.4, 0.5) is 0 Å². The Balaban J connectivity index is 1.64. The second-order valence-electron chi connectivity index (χ2n) is 6.18. The van der Waals surface area contributed by atoms with Crippen LogP contribution in [0.15, 0.2) is 28.3 Å². The van der Waals surface area contributed by atoms with Crippen LogP contribution in [0.2, 0.25) is 0 Å². The first-order valence-electron chi connectivity index (χ1n) is 8.25. The zero-order valence-electron chi connectivity index (χ0n) is 14.7. The lowest BCUT2D eigenvalue weighted by Crippen LogP contribution is -2.30. The molecule has 0 radical (unpaired) electrons. The minimum absolute atomic E-state index is 0.0284. The monoisotopic (exact) mass is 374 g/mol. The van der Waals surface area contributed by atoms with Gasteiger partial charge in [-0.05, 0) is 49.2 Å². The summed E-state index contributed by atoms with van der Waals surface area (Å²) < 4.78 is 1.89. The van der Waals surface area contributed by atoms with Gasteiger partial charge < -0.3 is 5.32 Å². The second kappa shape index (κ2) is 7.93. The minimum atomic E-state index is -0.0822. The van der Waals surface area contributed by atoms with E-state index in [0.717, 1.165) is 28.5 Å². The molecule has 25 heavy (non-hydrogen) atoms. The molecular formula is C18H22N4OS2. The van der Waals surface area contributed by atoms with Crippen molar-refractivity contribution in [3.8, 4) is 0 Å². The highest BCUT2D eigenvalue weighted by atomic mass is 32.1. The van der Waals surface area contributed by atoms with Gasteiger partial charge in [0.25, 0.3) is 0 Å². The summed E-state index contributed by atoms with van der Waals surface area (Å²) in [6, 6.07) is 4.04. The first kappa shape index (κ1) is 17.8. The van der Waals surface area contributed by atoms with Gasteiger partial charge in [-0.25, -0.2) is 4.98 Å². The van der Waals surface area contributed by atoms with Crippen LogP contribution in [0.5, 0.6) is 0 Å². The predicted molar refractivity (Wildman–Crippen MR) is 102 cm³/mol. The molecule has 0 bridgehead atoms. The molecule has 0 fully saturated rings. The third kappa shape index (κ3) is 4.76. The van der Waals surface area contributed by atoms with Crippen molar-refractivity contribution in [3.05, 3.63) is 55.9 Å². The van der Waals surface area contributed by atoms with E-state index in [2.05, 4.69) is 32.2 Å². The van der Waals surface area contributed by atoms with Crippen LogP contribution in [0.3, 0.4) is 0 Å². The average Bonchev–Trinajstić information content (AvgIpc) is 3.27. The molecule has 3 rings (SSSR count). The number of hydrogen-bond acceptors (Lipinski definition) is 5. The van der Waals surface area contributed by atoms with Crippen molar-refractivity contribution in [3.63, 3.8) is 0 Å². The van der Waals surface area contributed by atoms with Crippen molar-refractivity contribution < 1.29 is 4.79 Å². The Morgan fingerprint density at radius 1 is 1.28 bits per heavy atom. The fourth-order valence-corrected chi connectivity index (χ4v) is 4.28. The molecule has 0 aliphatic heterocycles. The molecule has 3 heterocycles. The van der Waals surface area contributed by atoms with Gasteiger partial charge in [0.15, 0.2) is 0 Å². The van der Waals surface area contributed by atoms with E-state index in [1.807, 2.05) is 36.9 Å². The summed E-state index contributed by atoms with van der Waals surface area (Å²) in [5.41, 5.74) is 4.27.